The number of likely N-dealkylation sites (tertiary alicyclic amines) is 1. The Balaban J connectivity index is 1.71. The van der Waals surface area contributed by atoms with Crippen molar-refractivity contribution >= 4 is 5.91 Å². The molecule has 4 heteroatoms. The van der Waals surface area contributed by atoms with Gasteiger partial charge in [0.1, 0.15) is 5.75 Å². The number of piperidine rings is 1. The van der Waals surface area contributed by atoms with Crippen molar-refractivity contribution in [3.63, 3.8) is 0 Å². The molecule has 1 fully saturated rings. The minimum absolute atomic E-state index is 0.165. The standard InChI is InChI=1S/C17H26N2O2/c1-3-21-16-6-4-15(5-7-16)13-18-17(20)12-14-8-10-19(2)11-9-14/h4-7,14H,3,8-13H2,1-2H3,(H,18,20). The lowest BCUT2D eigenvalue weighted by Crippen LogP contribution is -2.33. The Morgan fingerprint density at radius 1 is 1.29 bits per heavy atom. The molecule has 0 unspecified atom stereocenters. The number of hydrogen-bond acceptors (Lipinski definition) is 3. The Labute approximate surface area is 127 Å². The monoisotopic (exact) mass is 290 g/mol. The van der Waals surface area contributed by atoms with Crippen LogP contribution in [0.25, 0.3) is 0 Å². The first-order valence-corrected chi connectivity index (χ1v) is 7.84. The van der Waals surface area contributed by atoms with Crippen LogP contribution in [0.15, 0.2) is 24.3 Å². The Morgan fingerprint density at radius 3 is 2.57 bits per heavy atom. The van der Waals surface area contributed by atoms with Crippen LogP contribution in [-0.2, 0) is 11.3 Å². The topological polar surface area (TPSA) is 41.6 Å². The fraction of sp³-hybridized carbons (Fsp3) is 0.588. The summed E-state index contributed by atoms with van der Waals surface area (Å²) in [5, 5.41) is 3.02. The molecule has 1 aromatic carbocycles. The van der Waals surface area contributed by atoms with Crippen LogP contribution in [0.2, 0.25) is 0 Å². The van der Waals surface area contributed by atoms with Gasteiger partial charge < -0.3 is 15.0 Å². The third kappa shape index (κ3) is 5.38. The lowest BCUT2D eigenvalue weighted by molar-refractivity contribution is -0.122. The van der Waals surface area contributed by atoms with E-state index >= 15 is 0 Å². The van der Waals surface area contributed by atoms with Gasteiger partial charge in [-0.2, -0.15) is 0 Å². The first-order valence-electron chi connectivity index (χ1n) is 7.84. The normalized spacial score (nSPS) is 16.7. The van der Waals surface area contributed by atoms with E-state index in [2.05, 4.69) is 17.3 Å². The van der Waals surface area contributed by atoms with Crippen LogP contribution in [0, 0.1) is 5.92 Å². The molecule has 0 aliphatic carbocycles. The molecule has 1 N–H and O–H groups in total. The molecule has 0 aromatic heterocycles. The van der Waals surface area contributed by atoms with Crippen LogP contribution in [0.3, 0.4) is 0 Å². The molecule has 0 spiro atoms. The van der Waals surface area contributed by atoms with Crippen LogP contribution in [-0.4, -0.2) is 37.6 Å². The predicted octanol–water partition coefficient (Wildman–Crippen LogP) is 2.43. The third-order valence-corrected chi connectivity index (χ3v) is 4.04. The second-order valence-corrected chi connectivity index (χ2v) is 5.80. The van der Waals surface area contributed by atoms with Crippen molar-refractivity contribution in [3.8, 4) is 5.75 Å². The molecule has 1 aromatic rings. The predicted molar refractivity (Wildman–Crippen MR) is 84.3 cm³/mol. The molecule has 1 amide bonds. The molecule has 0 bridgehead atoms. The highest BCUT2D eigenvalue weighted by molar-refractivity contribution is 5.76. The Kier molecular flexibility index (Phi) is 6.05. The van der Waals surface area contributed by atoms with Crippen LogP contribution in [0.4, 0.5) is 0 Å². The number of nitrogens with zero attached hydrogens (tertiary/aromatic N) is 1. The zero-order valence-electron chi connectivity index (χ0n) is 13.1. The molecule has 116 valence electrons. The summed E-state index contributed by atoms with van der Waals surface area (Å²) >= 11 is 0. The number of nitrogens with one attached hydrogen (secondary N) is 1. The molecule has 21 heavy (non-hydrogen) atoms. The lowest BCUT2D eigenvalue weighted by atomic mass is 9.93. The summed E-state index contributed by atoms with van der Waals surface area (Å²) in [6.07, 6.45) is 2.92. The van der Waals surface area contributed by atoms with Crippen molar-refractivity contribution in [2.45, 2.75) is 32.7 Å². The minimum Gasteiger partial charge on any atom is -0.494 e. The molecular weight excluding hydrogens is 264 g/mol. The van der Waals surface area contributed by atoms with Crippen molar-refractivity contribution in [1.82, 2.24) is 10.2 Å². The summed E-state index contributed by atoms with van der Waals surface area (Å²) in [5.41, 5.74) is 1.11. The van der Waals surface area contributed by atoms with Gasteiger partial charge in [-0.3, -0.25) is 4.79 Å². The van der Waals surface area contributed by atoms with E-state index < -0.39 is 0 Å². The SMILES string of the molecule is CCOc1ccc(CNC(=O)CC2CCN(C)CC2)cc1. The molecule has 0 atom stereocenters. The Morgan fingerprint density at radius 2 is 1.95 bits per heavy atom. The highest BCUT2D eigenvalue weighted by Crippen LogP contribution is 2.19. The van der Waals surface area contributed by atoms with E-state index in [0.717, 1.165) is 37.2 Å². The van der Waals surface area contributed by atoms with Gasteiger partial charge in [0.05, 0.1) is 6.61 Å². The molecule has 2 rings (SSSR count). The maximum atomic E-state index is 12.0. The zero-order valence-corrected chi connectivity index (χ0v) is 13.1. The number of benzene rings is 1. The second kappa shape index (κ2) is 8.03. The number of rotatable bonds is 6. The lowest BCUT2D eigenvalue weighted by Gasteiger charge is -2.28. The Hall–Kier alpha value is -1.55. The summed E-state index contributed by atoms with van der Waals surface area (Å²) < 4.78 is 5.40. The van der Waals surface area contributed by atoms with Gasteiger partial charge in [0, 0.05) is 13.0 Å². The molecule has 1 saturated heterocycles. The summed E-state index contributed by atoms with van der Waals surface area (Å²) in [4.78, 5) is 14.3. The smallest absolute Gasteiger partial charge is 0.220 e. The van der Waals surface area contributed by atoms with E-state index in [0.29, 0.717) is 25.5 Å². The van der Waals surface area contributed by atoms with E-state index in [1.165, 1.54) is 0 Å². The Bertz CT molecular complexity index is 437. The fourth-order valence-corrected chi connectivity index (χ4v) is 2.67. The van der Waals surface area contributed by atoms with Crippen molar-refractivity contribution in [1.29, 1.82) is 0 Å². The largest absolute Gasteiger partial charge is 0.494 e. The van der Waals surface area contributed by atoms with Gasteiger partial charge >= 0.3 is 0 Å². The number of hydrogen-bond donors (Lipinski definition) is 1. The maximum Gasteiger partial charge on any atom is 0.220 e. The first kappa shape index (κ1) is 15.8. The van der Waals surface area contributed by atoms with Gasteiger partial charge in [-0.1, -0.05) is 12.1 Å². The number of amides is 1. The summed E-state index contributed by atoms with van der Waals surface area (Å²) in [6.45, 7) is 5.45. The molecule has 1 aliphatic rings. The number of ether oxygens (including phenoxy) is 1. The van der Waals surface area contributed by atoms with Crippen molar-refractivity contribution in [3.05, 3.63) is 29.8 Å². The van der Waals surface area contributed by atoms with E-state index in [1.807, 2.05) is 31.2 Å². The van der Waals surface area contributed by atoms with E-state index in [4.69, 9.17) is 4.74 Å². The minimum atomic E-state index is 0.165. The first-order chi connectivity index (χ1) is 10.2. The zero-order chi connectivity index (χ0) is 15.1. The van der Waals surface area contributed by atoms with Crippen LogP contribution in [0.5, 0.6) is 5.75 Å². The molecule has 0 radical (unpaired) electrons. The van der Waals surface area contributed by atoms with Crippen molar-refractivity contribution in [2.24, 2.45) is 5.92 Å². The van der Waals surface area contributed by atoms with E-state index in [1.54, 1.807) is 0 Å². The van der Waals surface area contributed by atoms with E-state index in [-0.39, 0.29) is 5.91 Å². The highest BCUT2D eigenvalue weighted by atomic mass is 16.5. The summed E-state index contributed by atoms with van der Waals surface area (Å²) in [6, 6.07) is 7.89. The van der Waals surface area contributed by atoms with E-state index in [9.17, 15) is 4.79 Å². The van der Waals surface area contributed by atoms with Crippen LogP contribution in [0.1, 0.15) is 31.7 Å². The quantitative estimate of drug-likeness (QED) is 0.875. The van der Waals surface area contributed by atoms with Crippen molar-refractivity contribution in [2.75, 3.05) is 26.7 Å². The molecule has 1 aliphatic heterocycles. The van der Waals surface area contributed by atoms with Gasteiger partial charge in [0.2, 0.25) is 5.91 Å². The molecule has 0 saturated carbocycles. The third-order valence-electron chi connectivity index (χ3n) is 4.04. The second-order valence-electron chi connectivity index (χ2n) is 5.80. The maximum absolute atomic E-state index is 12.0. The van der Waals surface area contributed by atoms with Gasteiger partial charge in [-0.15, -0.1) is 0 Å². The summed E-state index contributed by atoms with van der Waals surface area (Å²) in [5.74, 6) is 1.58. The highest BCUT2D eigenvalue weighted by Gasteiger charge is 2.19. The molecule has 1 heterocycles. The summed E-state index contributed by atoms with van der Waals surface area (Å²) in [7, 11) is 2.14. The number of carbonyl (C=O) groups excluding carboxylic acids is 1. The average Bonchev–Trinajstić information content (AvgIpc) is 2.49. The fourth-order valence-electron chi connectivity index (χ4n) is 2.67. The van der Waals surface area contributed by atoms with Gasteiger partial charge in [0.15, 0.2) is 0 Å². The van der Waals surface area contributed by atoms with Crippen molar-refractivity contribution < 1.29 is 9.53 Å². The van der Waals surface area contributed by atoms with Crippen LogP contribution < -0.4 is 10.1 Å². The van der Waals surface area contributed by atoms with Gasteiger partial charge in [-0.05, 0) is 63.5 Å². The van der Waals surface area contributed by atoms with Crippen LogP contribution >= 0.6 is 0 Å². The van der Waals surface area contributed by atoms with Gasteiger partial charge in [-0.25, -0.2) is 0 Å². The number of carbonyl (C=O) groups is 1. The average molecular weight is 290 g/mol. The van der Waals surface area contributed by atoms with Gasteiger partial charge in [0.25, 0.3) is 0 Å². The molecule has 4 nitrogen and oxygen atoms in total. The molecular formula is C17H26N2O2.